The van der Waals surface area contributed by atoms with Gasteiger partial charge in [-0.15, -0.1) is 5.10 Å². The van der Waals surface area contributed by atoms with Gasteiger partial charge in [0, 0.05) is 12.1 Å². The number of rotatable bonds is 7. The van der Waals surface area contributed by atoms with E-state index in [9.17, 15) is 9.90 Å². The Morgan fingerprint density at radius 3 is 2.74 bits per heavy atom. The Morgan fingerprint density at radius 1 is 1.26 bits per heavy atom. The van der Waals surface area contributed by atoms with Crippen molar-refractivity contribution in [2.75, 3.05) is 7.11 Å². The van der Waals surface area contributed by atoms with Gasteiger partial charge in [0.05, 0.1) is 18.0 Å². The number of thioether (sulfide) groups is 1. The van der Waals surface area contributed by atoms with Crippen molar-refractivity contribution >= 4 is 17.7 Å². The van der Waals surface area contributed by atoms with Crippen LogP contribution in [0.4, 0.5) is 0 Å². The number of tetrazole rings is 1. The van der Waals surface area contributed by atoms with Crippen molar-refractivity contribution in [3.63, 3.8) is 0 Å². The van der Waals surface area contributed by atoms with E-state index in [1.807, 2.05) is 24.3 Å². The third-order valence-corrected chi connectivity index (χ3v) is 4.87. The zero-order valence-electron chi connectivity index (χ0n) is 14.9. The molecule has 0 aliphatic carbocycles. The van der Waals surface area contributed by atoms with Crippen molar-refractivity contribution < 1.29 is 14.6 Å². The molecule has 0 saturated carbocycles. The molecule has 3 rings (SSSR count). The Balaban J connectivity index is 1.64. The SMILES string of the molecule is COc1ccccc1CNC(=O)[C@H](C)Sc1nnnn1-c1ccc(O)cc1. The number of nitrogens with one attached hydrogen (secondary N) is 1. The molecule has 1 atom stereocenters. The lowest BCUT2D eigenvalue weighted by Gasteiger charge is -2.13. The number of carbonyl (C=O) groups is 1. The summed E-state index contributed by atoms with van der Waals surface area (Å²) in [6.07, 6.45) is 0. The van der Waals surface area contributed by atoms with Gasteiger partial charge in [0.1, 0.15) is 11.5 Å². The summed E-state index contributed by atoms with van der Waals surface area (Å²) in [6, 6.07) is 14.0. The molecular weight excluding hydrogens is 366 g/mol. The zero-order valence-corrected chi connectivity index (χ0v) is 15.7. The van der Waals surface area contributed by atoms with Crippen LogP contribution in [0.15, 0.2) is 53.7 Å². The van der Waals surface area contributed by atoms with E-state index in [0.29, 0.717) is 17.4 Å². The molecule has 0 fully saturated rings. The first kappa shape index (κ1) is 18.7. The van der Waals surface area contributed by atoms with E-state index in [-0.39, 0.29) is 11.7 Å². The smallest absolute Gasteiger partial charge is 0.233 e. The van der Waals surface area contributed by atoms with Crippen LogP contribution in [0.5, 0.6) is 11.5 Å². The van der Waals surface area contributed by atoms with Gasteiger partial charge in [-0.25, -0.2) is 0 Å². The Morgan fingerprint density at radius 2 is 2.00 bits per heavy atom. The Kier molecular flexibility index (Phi) is 5.92. The molecule has 0 saturated heterocycles. The van der Waals surface area contributed by atoms with Crippen LogP contribution in [-0.4, -0.2) is 43.6 Å². The number of hydrogen-bond donors (Lipinski definition) is 2. The van der Waals surface area contributed by atoms with E-state index in [4.69, 9.17) is 4.74 Å². The zero-order chi connectivity index (χ0) is 19.2. The van der Waals surface area contributed by atoms with Crippen LogP contribution in [0, 0.1) is 0 Å². The number of hydrogen-bond acceptors (Lipinski definition) is 7. The highest BCUT2D eigenvalue weighted by Gasteiger charge is 2.19. The summed E-state index contributed by atoms with van der Waals surface area (Å²) in [5.74, 6) is 0.755. The fourth-order valence-corrected chi connectivity index (χ4v) is 3.23. The predicted molar refractivity (Wildman–Crippen MR) is 101 cm³/mol. The molecule has 1 amide bonds. The standard InChI is InChI=1S/C18H19N5O3S/c1-12(17(25)19-11-13-5-3-4-6-16(13)26-2)27-18-20-21-22-23(18)14-7-9-15(24)10-8-14/h3-10,12,24H,11H2,1-2H3,(H,19,25)/t12-/m0/s1. The van der Waals surface area contributed by atoms with Crippen LogP contribution >= 0.6 is 11.8 Å². The largest absolute Gasteiger partial charge is 0.508 e. The number of benzene rings is 2. The average molecular weight is 385 g/mol. The lowest BCUT2D eigenvalue weighted by Crippen LogP contribution is -2.30. The van der Waals surface area contributed by atoms with Crippen molar-refractivity contribution in [1.29, 1.82) is 0 Å². The molecular formula is C18H19N5O3S. The summed E-state index contributed by atoms with van der Waals surface area (Å²) in [4.78, 5) is 12.5. The highest BCUT2D eigenvalue weighted by Crippen LogP contribution is 2.24. The lowest BCUT2D eigenvalue weighted by molar-refractivity contribution is -0.120. The van der Waals surface area contributed by atoms with Gasteiger partial charge in [-0.3, -0.25) is 4.79 Å². The molecule has 1 aromatic heterocycles. The number of phenolic OH excluding ortho intramolecular Hbond substituents is 1. The van der Waals surface area contributed by atoms with Crippen LogP contribution in [0.2, 0.25) is 0 Å². The number of methoxy groups -OCH3 is 1. The molecule has 8 nitrogen and oxygen atoms in total. The first-order chi connectivity index (χ1) is 13.1. The Labute approximate surface area is 160 Å². The van der Waals surface area contributed by atoms with Crippen molar-refractivity contribution in [1.82, 2.24) is 25.5 Å². The molecule has 140 valence electrons. The molecule has 0 spiro atoms. The molecule has 27 heavy (non-hydrogen) atoms. The van der Waals surface area contributed by atoms with E-state index in [0.717, 1.165) is 11.3 Å². The molecule has 0 bridgehead atoms. The quantitative estimate of drug-likeness (QED) is 0.601. The fourth-order valence-electron chi connectivity index (χ4n) is 2.39. The molecule has 2 N–H and O–H groups in total. The third-order valence-electron chi connectivity index (χ3n) is 3.83. The predicted octanol–water partition coefficient (Wildman–Crippen LogP) is 2.17. The van der Waals surface area contributed by atoms with E-state index < -0.39 is 5.25 Å². The second-order valence-corrected chi connectivity index (χ2v) is 6.99. The Hall–Kier alpha value is -3.07. The average Bonchev–Trinajstić information content (AvgIpc) is 3.14. The molecule has 0 unspecified atom stereocenters. The number of aromatic hydroxyl groups is 1. The molecule has 2 aromatic carbocycles. The highest BCUT2D eigenvalue weighted by molar-refractivity contribution is 8.00. The summed E-state index contributed by atoms with van der Waals surface area (Å²) in [5.41, 5.74) is 1.60. The van der Waals surface area contributed by atoms with Crippen LogP contribution in [-0.2, 0) is 11.3 Å². The number of amides is 1. The van der Waals surface area contributed by atoms with Gasteiger partial charge in [-0.2, -0.15) is 4.68 Å². The van der Waals surface area contributed by atoms with Crippen LogP contribution in [0.1, 0.15) is 12.5 Å². The minimum atomic E-state index is -0.401. The van der Waals surface area contributed by atoms with Crippen molar-refractivity contribution in [2.45, 2.75) is 23.9 Å². The normalized spacial score (nSPS) is 11.8. The summed E-state index contributed by atoms with van der Waals surface area (Å²) in [7, 11) is 1.60. The van der Waals surface area contributed by atoms with Gasteiger partial charge < -0.3 is 15.2 Å². The van der Waals surface area contributed by atoms with Crippen molar-refractivity contribution in [2.24, 2.45) is 0 Å². The molecule has 0 aliphatic heterocycles. The number of aromatic nitrogens is 4. The van der Waals surface area contributed by atoms with E-state index >= 15 is 0 Å². The lowest BCUT2D eigenvalue weighted by atomic mass is 10.2. The number of phenols is 1. The summed E-state index contributed by atoms with van der Waals surface area (Å²) >= 11 is 1.25. The van der Waals surface area contributed by atoms with Crippen LogP contribution < -0.4 is 10.1 Å². The fraction of sp³-hybridized carbons (Fsp3) is 0.222. The van der Waals surface area contributed by atoms with Gasteiger partial charge in [0.15, 0.2) is 0 Å². The van der Waals surface area contributed by atoms with E-state index in [1.54, 1.807) is 38.3 Å². The molecule has 1 heterocycles. The van der Waals surface area contributed by atoms with E-state index in [2.05, 4.69) is 20.8 Å². The molecule has 0 radical (unpaired) electrons. The topological polar surface area (TPSA) is 102 Å². The molecule has 0 aliphatic rings. The first-order valence-corrected chi connectivity index (χ1v) is 9.10. The highest BCUT2D eigenvalue weighted by atomic mass is 32.2. The molecule has 9 heteroatoms. The third kappa shape index (κ3) is 4.56. The first-order valence-electron chi connectivity index (χ1n) is 8.22. The van der Waals surface area contributed by atoms with Gasteiger partial charge in [-0.05, 0) is 47.7 Å². The van der Waals surface area contributed by atoms with Gasteiger partial charge in [-0.1, -0.05) is 30.0 Å². The maximum atomic E-state index is 12.5. The maximum Gasteiger partial charge on any atom is 0.233 e. The summed E-state index contributed by atoms with van der Waals surface area (Å²) < 4.78 is 6.81. The number of para-hydroxylation sites is 1. The minimum absolute atomic E-state index is 0.133. The monoisotopic (exact) mass is 385 g/mol. The second-order valence-electron chi connectivity index (χ2n) is 5.68. The number of ether oxygens (including phenoxy) is 1. The van der Waals surface area contributed by atoms with E-state index in [1.165, 1.54) is 16.4 Å². The summed E-state index contributed by atoms with van der Waals surface area (Å²) in [6.45, 7) is 2.16. The van der Waals surface area contributed by atoms with Gasteiger partial charge >= 0.3 is 0 Å². The van der Waals surface area contributed by atoms with Crippen LogP contribution in [0.25, 0.3) is 5.69 Å². The van der Waals surface area contributed by atoms with Crippen molar-refractivity contribution in [3.8, 4) is 17.2 Å². The number of nitrogens with zero attached hydrogens (tertiary/aromatic N) is 4. The number of carbonyl (C=O) groups excluding carboxylic acids is 1. The maximum absolute atomic E-state index is 12.5. The Bertz CT molecular complexity index is 913. The minimum Gasteiger partial charge on any atom is -0.508 e. The second kappa shape index (κ2) is 8.54. The van der Waals surface area contributed by atoms with Crippen molar-refractivity contribution in [3.05, 3.63) is 54.1 Å². The van der Waals surface area contributed by atoms with Crippen LogP contribution in [0.3, 0.4) is 0 Å². The molecule has 3 aromatic rings. The summed E-state index contributed by atoms with van der Waals surface area (Å²) in [5, 5.41) is 24.0. The van der Waals surface area contributed by atoms with Gasteiger partial charge in [0.25, 0.3) is 0 Å². The van der Waals surface area contributed by atoms with Gasteiger partial charge in [0.2, 0.25) is 11.1 Å².